The van der Waals surface area contributed by atoms with Crippen molar-refractivity contribution < 1.29 is 4.74 Å². The van der Waals surface area contributed by atoms with Gasteiger partial charge < -0.3 is 4.74 Å². The molecule has 0 saturated carbocycles. The molecule has 31 heavy (non-hydrogen) atoms. The van der Waals surface area contributed by atoms with Gasteiger partial charge in [-0.05, 0) is 24.6 Å². The molecule has 1 atom stereocenters. The van der Waals surface area contributed by atoms with Crippen LogP contribution >= 0.6 is 0 Å². The van der Waals surface area contributed by atoms with Crippen LogP contribution in [0.4, 0.5) is 0 Å². The summed E-state index contributed by atoms with van der Waals surface area (Å²) in [6.07, 6.45) is 11.6. The summed E-state index contributed by atoms with van der Waals surface area (Å²) < 4.78 is 7.14. The fourth-order valence-corrected chi connectivity index (χ4v) is 3.42. The van der Waals surface area contributed by atoms with Crippen molar-refractivity contribution in [3.63, 3.8) is 0 Å². The third-order valence-electron chi connectivity index (χ3n) is 4.94. The second-order valence-corrected chi connectivity index (χ2v) is 7.12. The predicted molar refractivity (Wildman–Crippen MR) is 116 cm³/mol. The molecule has 0 saturated heterocycles. The van der Waals surface area contributed by atoms with Crippen molar-refractivity contribution in [1.29, 1.82) is 5.26 Å². The second-order valence-electron chi connectivity index (χ2n) is 7.12. The van der Waals surface area contributed by atoms with Gasteiger partial charge in [0.25, 0.3) is 0 Å². The number of nitriles is 1. The van der Waals surface area contributed by atoms with Crippen LogP contribution in [0, 0.1) is 11.3 Å². The van der Waals surface area contributed by atoms with Gasteiger partial charge in [-0.25, -0.2) is 9.97 Å². The minimum Gasteiger partial charge on any atom is -0.491 e. The summed E-state index contributed by atoms with van der Waals surface area (Å²) >= 11 is 0. The van der Waals surface area contributed by atoms with Crippen LogP contribution in [0.15, 0.2) is 77.5 Å². The van der Waals surface area contributed by atoms with Gasteiger partial charge in [0.1, 0.15) is 5.69 Å². The number of nitrogens with zero attached hydrogens (tertiary/aromatic N) is 5. The summed E-state index contributed by atoms with van der Waals surface area (Å²) in [6, 6.07) is 11.4. The average molecular weight is 411 g/mol. The zero-order valence-corrected chi connectivity index (χ0v) is 17.1. The first-order valence-electron chi connectivity index (χ1n) is 10.1. The maximum atomic E-state index is 12.4. The van der Waals surface area contributed by atoms with E-state index in [1.54, 1.807) is 29.3 Å². The Morgan fingerprint density at radius 1 is 1.26 bits per heavy atom. The molecule has 0 radical (unpaired) electrons. The molecule has 0 aliphatic heterocycles. The minimum atomic E-state index is -0.116. The van der Waals surface area contributed by atoms with Crippen molar-refractivity contribution in [2.45, 2.75) is 25.8 Å². The van der Waals surface area contributed by atoms with E-state index in [4.69, 9.17) is 10.00 Å². The van der Waals surface area contributed by atoms with E-state index >= 15 is 0 Å². The number of hydrogen-bond donors (Lipinski definition) is 0. The maximum absolute atomic E-state index is 12.4. The molecule has 1 aliphatic rings. The lowest BCUT2D eigenvalue weighted by molar-refractivity contribution is 0.337. The minimum absolute atomic E-state index is 0.0809. The Hall–Kier alpha value is -4.05. The molecule has 2 heterocycles. The van der Waals surface area contributed by atoms with Crippen molar-refractivity contribution >= 4 is 0 Å². The van der Waals surface area contributed by atoms with Crippen LogP contribution in [0.25, 0.3) is 11.4 Å². The number of ether oxygens (including phenoxy) is 1. The first-order chi connectivity index (χ1) is 15.2. The molecular formula is C24H21N5O2. The van der Waals surface area contributed by atoms with Gasteiger partial charge in [-0.2, -0.15) is 10.4 Å². The number of allylic oxidation sites excluding steroid dienone is 4. The SMILES string of the molecule is CCOc1cnc(-c2cccc(Cc3nn(C4C=CC=C(C#N)C4)ccc3=O)c2)nc1. The zero-order chi connectivity index (χ0) is 21.6. The van der Waals surface area contributed by atoms with Crippen LogP contribution in [-0.4, -0.2) is 26.4 Å². The highest BCUT2D eigenvalue weighted by Crippen LogP contribution is 2.22. The van der Waals surface area contributed by atoms with Crippen LogP contribution in [0.3, 0.4) is 0 Å². The normalized spacial score (nSPS) is 15.2. The topological polar surface area (TPSA) is 93.7 Å². The van der Waals surface area contributed by atoms with Crippen molar-refractivity contribution in [1.82, 2.24) is 19.7 Å². The molecule has 0 spiro atoms. The van der Waals surface area contributed by atoms with Crippen LogP contribution in [0.2, 0.25) is 0 Å². The average Bonchev–Trinajstić information content (AvgIpc) is 2.81. The number of rotatable bonds is 6. The van der Waals surface area contributed by atoms with Crippen LogP contribution < -0.4 is 10.2 Å². The maximum Gasteiger partial charge on any atom is 0.203 e. The fourth-order valence-electron chi connectivity index (χ4n) is 3.42. The Balaban J connectivity index is 1.56. The van der Waals surface area contributed by atoms with Gasteiger partial charge in [0.05, 0.1) is 31.1 Å². The standard InChI is InChI=1S/C24H21N5O2/c1-2-31-21-15-26-24(27-16-21)19-7-3-5-17(11-19)13-22-23(30)9-10-29(28-22)20-8-4-6-18(12-20)14-25/h3-11,15-16,20H,2,12-13H2,1H3. The molecule has 2 aromatic heterocycles. The lowest BCUT2D eigenvalue weighted by Crippen LogP contribution is -2.20. The van der Waals surface area contributed by atoms with Gasteiger partial charge in [-0.3, -0.25) is 9.48 Å². The van der Waals surface area contributed by atoms with Crippen LogP contribution in [0.1, 0.15) is 30.6 Å². The van der Waals surface area contributed by atoms with E-state index in [1.165, 1.54) is 6.07 Å². The van der Waals surface area contributed by atoms with Crippen molar-refractivity contribution in [2.75, 3.05) is 6.61 Å². The van der Waals surface area contributed by atoms with Gasteiger partial charge in [0.2, 0.25) is 5.43 Å². The summed E-state index contributed by atoms with van der Waals surface area (Å²) in [5.41, 5.74) is 2.83. The molecular weight excluding hydrogens is 390 g/mol. The summed E-state index contributed by atoms with van der Waals surface area (Å²) in [4.78, 5) is 21.2. The van der Waals surface area contributed by atoms with Crippen molar-refractivity contribution in [2.24, 2.45) is 0 Å². The lowest BCUT2D eigenvalue weighted by Gasteiger charge is -2.18. The molecule has 4 rings (SSSR count). The summed E-state index contributed by atoms with van der Waals surface area (Å²) in [5, 5.41) is 13.7. The summed E-state index contributed by atoms with van der Waals surface area (Å²) in [6.45, 7) is 2.47. The number of benzene rings is 1. The van der Waals surface area contributed by atoms with Gasteiger partial charge >= 0.3 is 0 Å². The third-order valence-corrected chi connectivity index (χ3v) is 4.94. The van der Waals surface area contributed by atoms with Gasteiger partial charge in [-0.15, -0.1) is 0 Å². The predicted octanol–water partition coefficient (Wildman–Crippen LogP) is 3.64. The summed E-state index contributed by atoms with van der Waals surface area (Å²) in [7, 11) is 0. The molecule has 1 aliphatic carbocycles. The highest BCUT2D eigenvalue weighted by molar-refractivity contribution is 5.56. The van der Waals surface area contributed by atoms with E-state index in [1.807, 2.05) is 43.3 Å². The van der Waals surface area contributed by atoms with Crippen molar-refractivity contribution in [3.8, 4) is 23.2 Å². The van der Waals surface area contributed by atoms with Gasteiger partial charge in [-0.1, -0.05) is 30.4 Å². The van der Waals surface area contributed by atoms with E-state index in [0.29, 0.717) is 42.3 Å². The highest BCUT2D eigenvalue weighted by Gasteiger charge is 2.15. The first-order valence-corrected chi connectivity index (χ1v) is 10.1. The zero-order valence-electron chi connectivity index (χ0n) is 17.1. The highest BCUT2D eigenvalue weighted by atomic mass is 16.5. The largest absolute Gasteiger partial charge is 0.491 e. The molecule has 7 nitrogen and oxygen atoms in total. The first kappa shape index (κ1) is 20.2. The molecule has 3 aromatic rings. The van der Waals surface area contributed by atoms with Crippen molar-refractivity contribution in [3.05, 3.63) is 94.2 Å². The smallest absolute Gasteiger partial charge is 0.203 e. The Kier molecular flexibility index (Phi) is 5.99. The van der Waals surface area contributed by atoms with E-state index in [-0.39, 0.29) is 11.5 Å². The molecule has 0 fully saturated rings. The molecule has 1 unspecified atom stereocenters. The third kappa shape index (κ3) is 4.75. The Bertz CT molecular complexity index is 1240. The molecule has 0 amide bonds. The summed E-state index contributed by atoms with van der Waals surface area (Å²) in [5.74, 6) is 1.22. The fraction of sp³-hybridized carbons (Fsp3) is 0.208. The molecule has 1 aromatic carbocycles. The lowest BCUT2D eigenvalue weighted by atomic mass is 10.0. The molecule has 7 heteroatoms. The number of hydrogen-bond acceptors (Lipinski definition) is 6. The Labute approximate surface area is 180 Å². The molecule has 154 valence electrons. The quantitative estimate of drug-likeness (QED) is 0.615. The van der Waals surface area contributed by atoms with E-state index < -0.39 is 0 Å². The molecule has 0 N–H and O–H groups in total. The molecule has 0 bridgehead atoms. The van der Waals surface area contributed by atoms with Crippen LogP contribution in [0.5, 0.6) is 5.75 Å². The van der Waals surface area contributed by atoms with Gasteiger partial charge in [0, 0.05) is 36.2 Å². The van der Waals surface area contributed by atoms with E-state index in [9.17, 15) is 4.79 Å². The van der Waals surface area contributed by atoms with E-state index in [0.717, 1.165) is 11.1 Å². The Morgan fingerprint density at radius 3 is 2.87 bits per heavy atom. The number of aromatic nitrogens is 4. The Morgan fingerprint density at radius 2 is 2.10 bits per heavy atom. The van der Waals surface area contributed by atoms with Gasteiger partial charge in [0.15, 0.2) is 11.6 Å². The second kappa shape index (κ2) is 9.18. The van der Waals surface area contributed by atoms with Crippen LogP contribution in [-0.2, 0) is 6.42 Å². The van der Waals surface area contributed by atoms with E-state index in [2.05, 4.69) is 21.1 Å². The monoisotopic (exact) mass is 411 g/mol.